The second-order valence-corrected chi connectivity index (χ2v) is 12.2. The van der Waals surface area contributed by atoms with E-state index in [1.807, 2.05) is 36.5 Å². The fourth-order valence-corrected chi connectivity index (χ4v) is 5.99. The summed E-state index contributed by atoms with van der Waals surface area (Å²) >= 11 is 1.74. The molecule has 4 aromatic carbocycles. The average molecular weight is 756 g/mol. The van der Waals surface area contributed by atoms with Gasteiger partial charge in [0, 0.05) is 41.5 Å². The van der Waals surface area contributed by atoms with Gasteiger partial charge < -0.3 is 9.97 Å². The molecule has 0 atom stereocenters. The van der Waals surface area contributed by atoms with Crippen molar-refractivity contribution in [1.82, 2.24) is 9.97 Å². The van der Waals surface area contributed by atoms with Crippen molar-refractivity contribution in [2.45, 2.75) is 42.8 Å². The normalized spacial score (nSPS) is 12.8. The summed E-state index contributed by atoms with van der Waals surface area (Å²) in [7, 11) is 0. The summed E-state index contributed by atoms with van der Waals surface area (Å²) in [5, 5.41) is 0. The van der Waals surface area contributed by atoms with E-state index in [1.165, 1.54) is 33.3 Å². The zero-order chi connectivity index (χ0) is 31.6. The van der Waals surface area contributed by atoms with Gasteiger partial charge in [0.1, 0.15) is 0 Å². The van der Waals surface area contributed by atoms with Crippen molar-refractivity contribution in [3.8, 4) is 44.8 Å². The first-order valence-corrected chi connectivity index (χ1v) is 14.7. The Balaban J connectivity index is 0.000000209. The molecule has 0 saturated heterocycles. The Morgan fingerprint density at radius 1 is 0.674 bits per heavy atom. The second kappa shape index (κ2) is 13.2. The third-order valence-electron chi connectivity index (χ3n) is 7.18. The molecule has 215 valence electrons. The summed E-state index contributed by atoms with van der Waals surface area (Å²) in [5.74, 6) is 0. The summed E-state index contributed by atoms with van der Waals surface area (Å²) in [4.78, 5) is 11.1. The fourth-order valence-electron chi connectivity index (χ4n) is 4.92. The maximum absolute atomic E-state index is 7.52. The number of nitrogens with zero attached hydrogens (tertiary/aromatic N) is 2. The van der Waals surface area contributed by atoms with Crippen LogP contribution in [0, 0.1) is 19.0 Å². The molecule has 1 aliphatic heterocycles. The minimum absolute atomic E-state index is 0. The van der Waals surface area contributed by atoms with Crippen molar-refractivity contribution in [1.29, 1.82) is 0 Å². The van der Waals surface area contributed by atoms with Crippen molar-refractivity contribution in [3.05, 3.63) is 145 Å². The number of benzene rings is 4. The Morgan fingerprint density at radius 2 is 1.42 bits per heavy atom. The van der Waals surface area contributed by atoms with E-state index in [2.05, 4.69) is 110 Å². The molecule has 7 rings (SSSR count). The van der Waals surface area contributed by atoms with Gasteiger partial charge in [-0.05, 0) is 63.6 Å². The Kier molecular flexibility index (Phi) is 8.23. The Morgan fingerprint density at radius 3 is 2.12 bits per heavy atom. The van der Waals surface area contributed by atoms with Gasteiger partial charge >= 0.3 is 0 Å². The first-order chi connectivity index (χ1) is 21.6. The molecule has 4 heteroatoms. The second-order valence-electron chi connectivity index (χ2n) is 11.2. The van der Waals surface area contributed by atoms with Gasteiger partial charge in [-0.3, -0.25) is 0 Å². The van der Waals surface area contributed by atoms with Crippen LogP contribution in [0.2, 0.25) is 0 Å². The number of hydrogen-bond acceptors (Lipinski definition) is 3. The molecule has 1 aliphatic rings. The van der Waals surface area contributed by atoms with Crippen LogP contribution in [0.1, 0.15) is 36.0 Å². The van der Waals surface area contributed by atoms with Gasteiger partial charge in [-0.25, -0.2) is 0 Å². The molecule has 0 aliphatic carbocycles. The predicted molar refractivity (Wildman–Crippen MR) is 175 cm³/mol. The monoisotopic (exact) mass is 756 g/mol. The van der Waals surface area contributed by atoms with Crippen molar-refractivity contribution < 1.29 is 24.2 Å². The van der Waals surface area contributed by atoms with E-state index < -0.39 is 6.85 Å². The van der Waals surface area contributed by atoms with Crippen molar-refractivity contribution in [2.75, 3.05) is 0 Å². The minimum atomic E-state index is -2.15. The molecule has 0 N–H and O–H groups in total. The number of aromatic nitrogens is 2. The van der Waals surface area contributed by atoms with E-state index in [4.69, 9.17) is 4.11 Å². The van der Waals surface area contributed by atoms with Crippen molar-refractivity contribution >= 4 is 11.8 Å². The van der Waals surface area contributed by atoms with Crippen LogP contribution in [0.15, 0.2) is 131 Å². The third kappa shape index (κ3) is 6.89. The molecule has 3 heterocycles. The SMILES string of the molecule is CC(C)(C)c1ccnc(-c2[c-]cccc2)c1.[2H]C([2H])([2H])c1ccc(-c2[c-]cc3c(c2)-c2ccccc2-c2ccccc2S3)nc1.[Ir]. The van der Waals surface area contributed by atoms with Crippen LogP contribution in [0.3, 0.4) is 0 Å². The Bertz CT molecular complexity index is 1950. The smallest absolute Gasteiger partial charge is 0.0280 e. The van der Waals surface area contributed by atoms with Crippen LogP contribution in [0.25, 0.3) is 44.8 Å². The molecule has 2 aromatic heterocycles. The molecule has 43 heavy (non-hydrogen) atoms. The van der Waals surface area contributed by atoms with Crippen LogP contribution >= 0.6 is 11.8 Å². The Hall–Kier alpha value is -3.82. The van der Waals surface area contributed by atoms with Crippen LogP contribution in [-0.4, -0.2) is 9.97 Å². The summed E-state index contributed by atoms with van der Waals surface area (Å²) in [5.41, 5.74) is 10.1. The number of aryl methyl sites for hydroxylation is 1. The zero-order valence-corrected chi connectivity index (χ0v) is 27.4. The molecule has 2 nitrogen and oxygen atoms in total. The summed E-state index contributed by atoms with van der Waals surface area (Å²) in [6.07, 6.45) is 3.30. The molecule has 0 spiro atoms. The molecular formula is C39H32IrN2S-2. The van der Waals surface area contributed by atoms with Crippen LogP contribution < -0.4 is 0 Å². The van der Waals surface area contributed by atoms with Gasteiger partial charge in [-0.2, -0.15) is 0 Å². The first-order valence-electron chi connectivity index (χ1n) is 15.4. The van der Waals surface area contributed by atoms with E-state index in [0.29, 0.717) is 5.69 Å². The van der Waals surface area contributed by atoms with E-state index in [0.717, 1.165) is 27.3 Å². The summed E-state index contributed by atoms with van der Waals surface area (Å²) in [6, 6.07) is 43.0. The summed E-state index contributed by atoms with van der Waals surface area (Å²) in [6.45, 7) is 4.48. The Labute approximate surface area is 277 Å². The van der Waals surface area contributed by atoms with E-state index >= 15 is 0 Å². The first kappa shape index (κ1) is 26.8. The zero-order valence-electron chi connectivity index (χ0n) is 27.2. The minimum Gasteiger partial charge on any atom is -0.305 e. The molecule has 0 amide bonds. The van der Waals surface area contributed by atoms with Crippen LogP contribution in [0.5, 0.6) is 0 Å². The van der Waals surface area contributed by atoms with Crippen molar-refractivity contribution in [3.63, 3.8) is 0 Å². The van der Waals surface area contributed by atoms with E-state index in [9.17, 15) is 0 Å². The van der Waals surface area contributed by atoms with E-state index in [-0.39, 0.29) is 31.1 Å². The van der Waals surface area contributed by atoms with E-state index in [1.54, 1.807) is 23.9 Å². The third-order valence-corrected chi connectivity index (χ3v) is 8.31. The number of fused-ring (bicyclic) bond motifs is 5. The maximum Gasteiger partial charge on any atom is 0.0280 e. The molecule has 6 aromatic rings. The predicted octanol–water partition coefficient (Wildman–Crippen LogP) is 10.5. The number of pyridine rings is 2. The number of hydrogen-bond donors (Lipinski definition) is 0. The molecule has 0 fully saturated rings. The maximum atomic E-state index is 7.52. The van der Waals surface area contributed by atoms with Crippen LogP contribution in [-0.2, 0) is 25.5 Å². The molecule has 0 bridgehead atoms. The molecular weight excluding hydrogens is 721 g/mol. The van der Waals surface area contributed by atoms with Gasteiger partial charge in [-0.15, -0.1) is 71.4 Å². The molecule has 1 radical (unpaired) electrons. The standard InChI is InChI=1S/C24H16NS.C15H16N.Ir/c1-16-10-12-22(25-15-16)17-11-13-24-21(14-17)19-7-3-2-6-18(19)20-8-4-5-9-23(20)26-24;1-15(2,3)13-9-10-16-14(11-13)12-7-5-4-6-8-12;/h2-10,12-15H,1H3;4-7,9-11H,1-3H3;/q2*-1;/i1D3;;. The van der Waals surface area contributed by atoms with Gasteiger partial charge in [0.2, 0.25) is 0 Å². The van der Waals surface area contributed by atoms with Gasteiger partial charge in [0.05, 0.1) is 0 Å². The molecule has 0 unspecified atom stereocenters. The largest absolute Gasteiger partial charge is 0.305 e. The molecule has 0 saturated carbocycles. The van der Waals surface area contributed by atoms with Crippen molar-refractivity contribution in [2.24, 2.45) is 0 Å². The topological polar surface area (TPSA) is 25.8 Å². The average Bonchev–Trinajstić information content (AvgIpc) is 3.19. The van der Waals surface area contributed by atoms with Gasteiger partial charge in [-0.1, -0.05) is 91.9 Å². The van der Waals surface area contributed by atoms with Crippen LogP contribution in [0.4, 0.5) is 0 Å². The quantitative estimate of drug-likeness (QED) is 0.164. The van der Waals surface area contributed by atoms with Gasteiger partial charge in [0.15, 0.2) is 0 Å². The van der Waals surface area contributed by atoms with Gasteiger partial charge in [0.25, 0.3) is 0 Å². The number of rotatable bonds is 2. The summed E-state index contributed by atoms with van der Waals surface area (Å²) < 4.78 is 22.6. The fraction of sp³-hybridized carbons (Fsp3) is 0.128.